The lowest BCUT2D eigenvalue weighted by atomic mass is 10.1. The van der Waals surface area contributed by atoms with Crippen LogP contribution >= 0.6 is 0 Å². The molecule has 2 aromatic carbocycles. The van der Waals surface area contributed by atoms with Crippen LogP contribution in [0.25, 0.3) is 44.1 Å². The Morgan fingerprint density at radius 2 is 1.73 bits per heavy atom. The standard InChI is InChI=1S/C27H23N5O4S/c1-16-5-8-19(9-6-16)37(34,35)32-24(12-21-25-18(13-28-26(21)32)14-29-31(25)3)22-15-30(2)23-10-7-17(11-20(22)23)27(33)36-4/h5-15H,1-4H3. The van der Waals surface area contributed by atoms with Gasteiger partial charge in [-0.3, -0.25) is 4.68 Å². The van der Waals surface area contributed by atoms with Gasteiger partial charge in [0.1, 0.15) is 0 Å². The molecular weight excluding hydrogens is 490 g/mol. The normalized spacial score (nSPS) is 12.1. The molecule has 6 aromatic rings. The van der Waals surface area contributed by atoms with Gasteiger partial charge in [0, 0.05) is 53.7 Å². The van der Waals surface area contributed by atoms with E-state index >= 15 is 0 Å². The van der Waals surface area contributed by atoms with Crippen LogP contribution < -0.4 is 0 Å². The molecule has 37 heavy (non-hydrogen) atoms. The van der Waals surface area contributed by atoms with Crippen molar-refractivity contribution in [1.82, 2.24) is 23.3 Å². The van der Waals surface area contributed by atoms with E-state index in [9.17, 15) is 13.2 Å². The summed E-state index contributed by atoms with van der Waals surface area (Å²) in [5, 5.41) is 6.52. The Labute approximate surface area is 212 Å². The molecule has 0 saturated carbocycles. The number of hydrogen-bond acceptors (Lipinski definition) is 6. The van der Waals surface area contributed by atoms with Crippen LogP contribution in [0, 0.1) is 6.92 Å². The number of nitrogens with zero attached hydrogens (tertiary/aromatic N) is 5. The molecule has 0 N–H and O–H groups in total. The Bertz CT molecular complexity index is 1980. The van der Waals surface area contributed by atoms with Gasteiger partial charge in [0.25, 0.3) is 10.0 Å². The number of carbonyl (C=O) groups excluding carboxylic acids is 1. The number of pyridine rings is 1. The van der Waals surface area contributed by atoms with Gasteiger partial charge in [0.15, 0.2) is 5.65 Å². The zero-order valence-corrected chi connectivity index (χ0v) is 21.4. The van der Waals surface area contributed by atoms with E-state index in [0.717, 1.165) is 27.4 Å². The highest BCUT2D eigenvalue weighted by atomic mass is 32.2. The molecule has 0 aliphatic carbocycles. The number of hydrogen-bond donors (Lipinski definition) is 0. The molecule has 0 saturated heterocycles. The first-order valence-corrected chi connectivity index (χ1v) is 13.0. The van der Waals surface area contributed by atoms with Gasteiger partial charge in [-0.2, -0.15) is 5.10 Å². The van der Waals surface area contributed by atoms with Gasteiger partial charge in [0.05, 0.1) is 35.0 Å². The van der Waals surface area contributed by atoms with Crippen molar-refractivity contribution >= 4 is 48.8 Å². The molecule has 0 aliphatic heterocycles. The van der Waals surface area contributed by atoms with Crippen molar-refractivity contribution in [1.29, 1.82) is 0 Å². The summed E-state index contributed by atoms with van der Waals surface area (Å²) in [6.07, 6.45) is 5.20. The van der Waals surface area contributed by atoms with Crippen LogP contribution in [0.2, 0.25) is 0 Å². The number of fused-ring (bicyclic) bond motifs is 4. The average molecular weight is 514 g/mol. The molecule has 6 rings (SSSR count). The lowest BCUT2D eigenvalue weighted by molar-refractivity contribution is 0.0601. The SMILES string of the molecule is COC(=O)c1ccc2c(c1)c(-c1cc3c4c(cnc3n1S(=O)(=O)c1ccc(C)cc1)cnn4C)cn2C. The van der Waals surface area contributed by atoms with Crippen LogP contribution in [-0.2, 0) is 28.9 Å². The Morgan fingerprint density at radius 3 is 2.46 bits per heavy atom. The molecule has 4 aromatic heterocycles. The molecule has 0 amide bonds. The van der Waals surface area contributed by atoms with Crippen LogP contribution in [-0.4, -0.2) is 44.8 Å². The number of ether oxygens (including phenoxy) is 1. The molecule has 0 aliphatic rings. The van der Waals surface area contributed by atoms with Crippen LogP contribution in [0.15, 0.2) is 72.0 Å². The second-order valence-corrected chi connectivity index (χ2v) is 10.8. The predicted molar refractivity (Wildman–Crippen MR) is 141 cm³/mol. The second kappa shape index (κ2) is 8.04. The minimum absolute atomic E-state index is 0.152. The van der Waals surface area contributed by atoms with E-state index in [-0.39, 0.29) is 4.90 Å². The first-order valence-electron chi connectivity index (χ1n) is 11.5. The fourth-order valence-corrected chi connectivity index (χ4v) is 6.35. The number of methoxy groups -OCH3 is 1. The van der Waals surface area contributed by atoms with Gasteiger partial charge in [-0.25, -0.2) is 22.2 Å². The molecule has 10 heteroatoms. The third-order valence-corrected chi connectivity index (χ3v) is 8.45. The lowest BCUT2D eigenvalue weighted by Gasteiger charge is -2.12. The van der Waals surface area contributed by atoms with Crippen molar-refractivity contribution in [2.24, 2.45) is 14.1 Å². The van der Waals surface area contributed by atoms with Crippen LogP contribution in [0.3, 0.4) is 0 Å². The smallest absolute Gasteiger partial charge is 0.337 e. The number of aromatic nitrogens is 5. The molecule has 0 spiro atoms. The van der Waals surface area contributed by atoms with Crippen molar-refractivity contribution in [3.8, 4) is 11.3 Å². The molecule has 0 unspecified atom stereocenters. The minimum Gasteiger partial charge on any atom is -0.465 e. The Kier molecular flexibility index (Phi) is 4.99. The maximum atomic E-state index is 14.2. The highest BCUT2D eigenvalue weighted by molar-refractivity contribution is 7.90. The van der Waals surface area contributed by atoms with E-state index in [1.807, 2.05) is 43.9 Å². The molecule has 0 atom stereocenters. The van der Waals surface area contributed by atoms with E-state index < -0.39 is 16.0 Å². The zero-order valence-electron chi connectivity index (χ0n) is 20.6. The van der Waals surface area contributed by atoms with Gasteiger partial charge < -0.3 is 9.30 Å². The van der Waals surface area contributed by atoms with Gasteiger partial charge in [-0.05, 0) is 43.3 Å². The Morgan fingerprint density at radius 1 is 0.973 bits per heavy atom. The fourth-order valence-electron chi connectivity index (χ4n) is 4.88. The van der Waals surface area contributed by atoms with Crippen molar-refractivity contribution in [2.75, 3.05) is 7.11 Å². The van der Waals surface area contributed by atoms with Crippen LogP contribution in [0.1, 0.15) is 15.9 Å². The third kappa shape index (κ3) is 3.36. The molecule has 0 radical (unpaired) electrons. The molecular formula is C27H23N5O4S. The highest BCUT2D eigenvalue weighted by Gasteiger charge is 2.28. The summed E-state index contributed by atoms with van der Waals surface area (Å²) in [7, 11) is 0.970. The monoisotopic (exact) mass is 513 g/mol. The third-order valence-electron chi connectivity index (χ3n) is 6.73. The molecule has 0 fully saturated rings. The van der Waals surface area contributed by atoms with Crippen molar-refractivity contribution in [3.63, 3.8) is 0 Å². The van der Waals surface area contributed by atoms with Crippen LogP contribution in [0.4, 0.5) is 0 Å². The van der Waals surface area contributed by atoms with Gasteiger partial charge in [0.2, 0.25) is 0 Å². The van der Waals surface area contributed by atoms with Crippen molar-refractivity contribution < 1.29 is 17.9 Å². The van der Waals surface area contributed by atoms with Crippen molar-refractivity contribution in [3.05, 3.63) is 78.2 Å². The van der Waals surface area contributed by atoms with E-state index in [1.54, 1.807) is 53.5 Å². The summed E-state index contributed by atoms with van der Waals surface area (Å²) >= 11 is 0. The summed E-state index contributed by atoms with van der Waals surface area (Å²) in [5.74, 6) is -0.470. The first kappa shape index (κ1) is 23.0. The predicted octanol–water partition coefficient (Wildman–Crippen LogP) is 4.41. The largest absolute Gasteiger partial charge is 0.465 e. The number of carbonyl (C=O) groups is 1. The average Bonchev–Trinajstić information content (AvgIpc) is 3.56. The molecule has 0 bridgehead atoms. The van der Waals surface area contributed by atoms with Crippen molar-refractivity contribution in [2.45, 2.75) is 11.8 Å². The maximum Gasteiger partial charge on any atom is 0.337 e. The molecule has 186 valence electrons. The second-order valence-electron chi connectivity index (χ2n) is 9.06. The highest BCUT2D eigenvalue weighted by Crippen LogP contribution is 2.38. The summed E-state index contributed by atoms with van der Waals surface area (Å²) in [6, 6.07) is 13.8. The van der Waals surface area contributed by atoms with Gasteiger partial charge in [-0.1, -0.05) is 17.7 Å². The fraction of sp³-hybridized carbons (Fsp3) is 0.148. The van der Waals surface area contributed by atoms with E-state index in [2.05, 4.69) is 10.1 Å². The Balaban J connectivity index is 1.75. The van der Waals surface area contributed by atoms with Gasteiger partial charge >= 0.3 is 5.97 Å². The minimum atomic E-state index is -4.05. The quantitative estimate of drug-likeness (QED) is 0.324. The van der Waals surface area contributed by atoms with E-state index in [1.165, 1.54) is 11.1 Å². The number of benzene rings is 2. The van der Waals surface area contributed by atoms with Gasteiger partial charge in [-0.15, -0.1) is 0 Å². The lowest BCUT2D eigenvalue weighted by Crippen LogP contribution is -2.14. The van der Waals surface area contributed by atoms with Crippen LogP contribution in [0.5, 0.6) is 0 Å². The number of rotatable bonds is 4. The van der Waals surface area contributed by atoms with E-state index in [0.29, 0.717) is 27.9 Å². The summed E-state index contributed by atoms with van der Waals surface area (Å²) in [4.78, 5) is 17.0. The zero-order chi connectivity index (χ0) is 26.1. The maximum absolute atomic E-state index is 14.2. The summed E-state index contributed by atoms with van der Waals surface area (Å²) < 4.78 is 38.1. The molecule has 4 heterocycles. The topological polar surface area (TPSA) is 101 Å². The summed E-state index contributed by atoms with van der Waals surface area (Å²) in [5.41, 5.74) is 4.32. The number of esters is 1. The summed E-state index contributed by atoms with van der Waals surface area (Å²) in [6.45, 7) is 1.91. The first-order chi connectivity index (χ1) is 17.7. The van der Waals surface area contributed by atoms with E-state index in [4.69, 9.17) is 4.74 Å². The molecule has 9 nitrogen and oxygen atoms in total. The number of aryl methyl sites for hydroxylation is 3. The Hall–Kier alpha value is -4.44.